The van der Waals surface area contributed by atoms with Gasteiger partial charge in [0.25, 0.3) is 5.56 Å². The third kappa shape index (κ3) is 3.55. The highest BCUT2D eigenvalue weighted by atomic mass is 35.5. The number of nitrogens with one attached hydrogen (secondary N) is 1. The van der Waals surface area contributed by atoms with E-state index in [-0.39, 0.29) is 10.6 Å². The van der Waals surface area contributed by atoms with Crippen LogP contribution in [0.3, 0.4) is 0 Å². The average molecular weight is 350 g/mol. The summed E-state index contributed by atoms with van der Waals surface area (Å²) in [6.07, 6.45) is 3.74. The lowest BCUT2D eigenvalue weighted by Crippen LogP contribution is -2.27. The van der Waals surface area contributed by atoms with Crippen molar-refractivity contribution in [3.63, 3.8) is 0 Å². The Hall–Kier alpha value is -2.05. The third-order valence-electron chi connectivity index (χ3n) is 4.07. The lowest BCUT2D eigenvalue weighted by molar-refractivity contribution is 0.0595. The predicted molar refractivity (Wildman–Crippen MR) is 93.4 cm³/mol. The van der Waals surface area contributed by atoms with Gasteiger partial charge in [-0.3, -0.25) is 4.79 Å². The van der Waals surface area contributed by atoms with Crippen molar-refractivity contribution < 1.29 is 9.47 Å². The van der Waals surface area contributed by atoms with E-state index >= 15 is 0 Å². The average Bonchev–Trinajstić information content (AvgIpc) is 2.64. The molecular formula is C17H20ClN3O3. The number of ether oxygens (including phenoxy) is 2. The minimum atomic E-state index is -0.383. The quantitative estimate of drug-likeness (QED) is 0.899. The number of benzene rings is 1. The number of halogens is 1. The number of hydrogen-bond acceptors (Lipinski definition) is 5. The van der Waals surface area contributed by atoms with E-state index in [4.69, 9.17) is 21.1 Å². The molecule has 2 aromatic rings. The van der Waals surface area contributed by atoms with E-state index in [1.165, 1.54) is 4.68 Å². The SMILES string of the molecule is COc1ccccc1-n1ncc(NCC2CCCOC2)c(Cl)c1=O. The van der Waals surface area contributed by atoms with Gasteiger partial charge in [-0.1, -0.05) is 23.7 Å². The molecule has 2 heterocycles. The van der Waals surface area contributed by atoms with Crippen LogP contribution in [0.4, 0.5) is 5.69 Å². The van der Waals surface area contributed by atoms with Crippen molar-refractivity contribution in [2.45, 2.75) is 12.8 Å². The van der Waals surface area contributed by atoms with Gasteiger partial charge in [-0.15, -0.1) is 0 Å². The Morgan fingerprint density at radius 3 is 3.04 bits per heavy atom. The molecule has 128 valence electrons. The first-order chi connectivity index (χ1) is 11.7. The van der Waals surface area contributed by atoms with Gasteiger partial charge in [0, 0.05) is 13.2 Å². The van der Waals surface area contributed by atoms with Gasteiger partial charge in [-0.05, 0) is 30.9 Å². The van der Waals surface area contributed by atoms with Crippen molar-refractivity contribution in [3.8, 4) is 11.4 Å². The lowest BCUT2D eigenvalue weighted by atomic mass is 10.0. The molecule has 6 nitrogen and oxygen atoms in total. The molecule has 1 aromatic carbocycles. The van der Waals surface area contributed by atoms with Crippen LogP contribution in [0.5, 0.6) is 5.75 Å². The van der Waals surface area contributed by atoms with Crippen molar-refractivity contribution in [2.24, 2.45) is 5.92 Å². The van der Waals surface area contributed by atoms with E-state index in [0.717, 1.165) is 26.1 Å². The normalized spacial score (nSPS) is 17.5. The summed E-state index contributed by atoms with van der Waals surface area (Å²) in [5.74, 6) is 0.981. The zero-order valence-electron chi connectivity index (χ0n) is 13.5. The molecule has 1 unspecified atom stereocenters. The van der Waals surface area contributed by atoms with Gasteiger partial charge >= 0.3 is 0 Å². The Morgan fingerprint density at radius 2 is 2.29 bits per heavy atom. The summed E-state index contributed by atoms with van der Waals surface area (Å²) >= 11 is 6.25. The van der Waals surface area contributed by atoms with E-state index in [9.17, 15) is 4.79 Å². The molecule has 1 aliphatic heterocycles. The molecule has 1 N–H and O–H groups in total. The molecule has 0 amide bonds. The molecule has 0 saturated carbocycles. The van der Waals surface area contributed by atoms with Gasteiger partial charge in [0.1, 0.15) is 16.5 Å². The number of para-hydroxylation sites is 2. The Balaban J connectivity index is 1.82. The van der Waals surface area contributed by atoms with Crippen LogP contribution in [-0.4, -0.2) is 36.6 Å². The maximum absolute atomic E-state index is 12.6. The summed E-state index contributed by atoms with van der Waals surface area (Å²) in [6.45, 7) is 2.27. The number of rotatable bonds is 5. The maximum Gasteiger partial charge on any atom is 0.292 e. The van der Waals surface area contributed by atoms with Gasteiger partial charge < -0.3 is 14.8 Å². The second kappa shape index (κ2) is 7.68. The zero-order valence-corrected chi connectivity index (χ0v) is 14.3. The second-order valence-electron chi connectivity index (χ2n) is 5.73. The minimum Gasteiger partial charge on any atom is -0.494 e. The highest BCUT2D eigenvalue weighted by Crippen LogP contribution is 2.23. The number of hydrogen-bond donors (Lipinski definition) is 1. The maximum atomic E-state index is 12.6. The number of anilines is 1. The van der Waals surface area contributed by atoms with Crippen LogP contribution in [0, 0.1) is 5.92 Å². The first kappa shape index (κ1) is 16.8. The highest BCUT2D eigenvalue weighted by Gasteiger charge is 2.16. The first-order valence-electron chi connectivity index (χ1n) is 7.93. The summed E-state index contributed by atoms with van der Waals surface area (Å²) in [5.41, 5.74) is 0.712. The first-order valence-corrected chi connectivity index (χ1v) is 8.31. The summed E-state index contributed by atoms with van der Waals surface area (Å²) in [5, 5.41) is 7.56. The third-order valence-corrected chi connectivity index (χ3v) is 4.43. The van der Waals surface area contributed by atoms with Crippen molar-refractivity contribution >= 4 is 17.3 Å². The molecule has 1 fully saturated rings. The molecule has 0 bridgehead atoms. The van der Waals surface area contributed by atoms with Gasteiger partial charge in [-0.2, -0.15) is 9.78 Å². The molecule has 0 radical (unpaired) electrons. The fourth-order valence-corrected chi connectivity index (χ4v) is 2.95. The van der Waals surface area contributed by atoms with Crippen molar-refractivity contribution in [2.75, 3.05) is 32.2 Å². The van der Waals surface area contributed by atoms with Crippen LogP contribution in [0.2, 0.25) is 5.02 Å². The minimum absolute atomic E-state index is 0.118. The molecular weight excluding hydrogens is 330 g/mol. The van der Waals surface area contributed by atoms with E-state index in [1.54, 1.807) is 25.4 Å². The molecule has 0 spiro atoms. The molecule has 24 heavy (non-hydrogen) atoms. The number of methoxy groups -OCH3 is 1. The number of nitrogens with zero attached hydrogens (tertiary/aromatic N) is 2. The van der Waals surface area contributed by atoms with Crippen LogP contribution in [0.15, 0.2) is 35.3 Å². The predicted octanol–water partition coefficient (Wildman–Crippen LogP) is 2.73. The molecule has 0 aliphatic carbocycles. The molecule has 1 saturated heterocycles. The van der Waals surface area contributed by atoms with Gasteiger partial charge in [0.2, 0.25) is 0 Å². The smallest absolute Gasteiger partial charge is 0.292 e. The zero-order chi connectivity index (χ0) is 16.9. The van der Waals surface area contributed by atoms with Gasteiger partial charge in [0.05, 0.1) is 25.6 Å². The Morgan fingerprint density at radius 1 is 1.46 bits per heavy atom. The van der Waals surface area contributed by atoms with Crippen LogP contribution >= 0.6 is 11.6 Å². The highest BCUT2D eigenvalue weighted by molar-refractivity contribution is 6.32. The van der Waals surface area contributed by atoms with Crippen molar-refractivity contribution in [1.29, 1.82) is 0 Å². The monoisotopic (exact) mass is 349 g/mol. The molecule has 3 rings (SSSR count). The largest absolute Gasteiger partial charge is 0.494 e. The Bertz CT molecular complexity index is 757. The van der Waals surface area contributed by atoms with Crippen LogP contribution < -0.4 is 15.6 Å². The van der Waals surface area contributed by atoms with Crippen molar-refractivity contribution in [3.05, 3.63) is 45.8 Å². The van der Waals surface area contributed by atoms with Crippen molar-refractivity contribution in [1.82, 2.24) is 9.78 Å². The van der Waals surface area contributed by atoms with Crippen LogP contribution in [0.1, 0.15) is 12.8 Å². The summed E-state index contributed by atoms with van der Waals surface area (Å²) in [7, 11) is 1.55. The number of aromatic nitrogens is 2. The molecule has 7 heteroatoms. The summed E-state index contributed by atoms with van der Waals surface area (Å²) in [4.78, 5) is 12.6. The van der Waals surface area contributed by atoms with E-state index in [0.29, 0.717) is 29.6 Å². The Kier molecular flexibility index (Phi) is 5.37. The lowest BCUT2D eigenvalue weighted by Gasteiger charge is -2.22. The fraction of sp³-hybridized carbons (Fsp3) is 0.412. The fourth-order valence-electron chi connectivity index (χ4n) is 2.76. The van der Waals surface area contributed by atoms with E-state index in [2.05, 4.69) is 10.4 Å². The van der Waals surface area contributed by atoms with Gasteiger partial charge in [-0.25, -0.2) is 0 Å². The second-order valence-corrected chi connectivity index (χ2v) is 6.10. The molecule has 1 aliphatic rings. The van der Waals surface area contributed by atoms with Crippen LogP contribution in [-0.2, 0) is 4.74 Å². The van der Waals surface area contributed by atoms with E-state index < -0.39 is 0 Å². The Labute approximate surface area is 145 Å². The van der Waals surface area contributed by atoms with Crippen LogP contribution in [0.25, 0.3) is 5.69 Å². The summed E-state index contributed by atoms with van der Waals surface area (Å²) in [6, 6.07) is 7.18. The van der Waals surface area contributed by atoms with Gasteiger partial charge in [0.15, 0.2) is 0 Å². The topological polar surface area (TPSA) is 65.4 Å². The molecule has 1 aromatic heterocycles. The molecule has 1 atom stereocenters. The standard InChI is InChI=1S/C17H20ClN3O3/c1-23-15-7-3-2-6-14(15)21-17(22)16(18)13(10-20-21)19-9-12-5-4-8-24-11-12/h2-3,6-7,10,12,19H,4-5,8-9,11H2,1H3. The summed E-state index contributed by atoms with van der Waals surface area (Å²) < 4.78 is 12.0. The van der Waals surface area contributed by atoms with E-state index in [1.807, 2.05) is 12.1 Å².